The van der Waals surface area contributed by atoms with Crippen LogP contribution in [0.4, 0.5) is 5.95 Å². The standard InChI is InChI=1S/C23H32N4O2/c28-18-23(13-19-7-3-1-4-8-19)17-26(12-9-21(23)29)16-20-14-24-22(25-15-20)27-10-5-2-6-11-27/h1,3-4,7-8,14-15,21,28-29H,2,5-6,9-13,16-18H2/t21-,23+/m0/s1. The third-order valence-corrected chi connectivity index (χ3v) is 6.41. The molecule has 1 aromatic heterocycles. The number of hydrogen-bond donors (Lipinski definition) is 2. The Balaban J connectivity index is 1.42. The van der Waals surface area contributed by atoms with Crippen molar-refractivity contribution in [1.82, 2.24) is 14.9 Å². The number of aliphatic hydroxyl groups is 2. The molecule has 0 bridgehead atoms. The summed E-state index contributed by atoms with van der Waals surface area (Å²) in [6.07, 6.45) is 8.43. The van der Waals surface area contributed by atoms with Crippen LogP contribution in [0.5, 0.6) is 0 Å². The fourth-order valence-electron chi connectivity index (χ4n) is 4.71. The van der Waals surface area contributed by atoms with Gasteiger partial charge >= 0.3 is 0 Å². The van der Waals surface area contributed by atoms with E-state index in [9.17, 15) is 10.2 Å². The molecule has 0 saturated carbocycles. The number of hydrogen-bond acceptors (Lipinski definition) is 6. The number of rotatable bonds is 6. The van der Waals surface area contributed by atoms with Crippen molar-refractivity contribution < 1.29 is 10.2 Å². The first-order valence-corrected chi connectivity index (χ1v) is 10.8. The summed E-state index contributed by atoms with van der Waals surface area (Å²) in [5.74, 6) is 0.830. The number of benzene rings is 1. The van der Waals surface area contributed by atoms with Gasteiger partial charge in [0.15, 0.2) is 0 Å². The quantitative estimate of drug-likeness (QED) is 0.780. The number of aliphatic hydroxyl groups excluding tert-OH is 2. The molecule has 2 fully saturated rings. The van der Waals surface area contributed by atoms with E-state index in [1.165, 1.54) is 19.3 Å². The molecule has 6 heteroatoms. The molecule has 2 aliphatic heterocycles. The minimum atomic E-state index is -0.534. The predicted molar refractivity (Wildman–Crippen MR) is 114 cm³/mol. The summed E-state index contributed by atoms with van der Waals surface area (Å²) in [4.78, 5) is 13.8. The molecule has 6 nitrogen and oxygen atoms in total. The van der Waals surface area contributed by atoms with Gasteiger partial charge in [-0.3, -0.25) is 4.90 Å². The summed E-state index contributed by atoms with van der Waals surface area (Å²) in [5, 5.41) is 20.9. The monoisotopic (exact) mass is 396 g/mol. The van der Waals surface area contributed by atoms with Gasteiger partial charge in [0.05, 0.1) is 12.7 Å². The van der Waals surface area contributed by atoms with E-state index in [1.807, 2.05) is 30.6 Å². The van der Waals surface area contributed by atoms with E-state index in [4.69, 9.17) is 0 Å². The Bertz CT molecular complexity index is 764. The van der Waals surface area contributed by atoms with Crippen LogP contribution in [0.15, 0.2) is 42.7 Å². The summed E-state index contributed by atoms with van der Waals surface area (Å²) in [5.41, 5.74) is 1.69. The van der Waals surface area contributed by atoms with Crippen LogP contribution in [0.3, 0.4) is 0 Å². The molecule has 0 amide bonds. The Morgan fingerprint density at radius 1 is 0.966 bits per heavy atom. The highest BCUT2D eigenvalue weighted by Gasteiger charge is 2.42. The zero-order valence-electron chi connectivity index (χ0n) is 17.1. The second kappa shape index (κ2) is 9.20. The number of aromatic nitrogens is 2. The Morgan fingerprint density at radius 2 is 1.69 bits per heavy atom. The Kier molecular flexibility index (Phi) is 6.43. The molecule has 156 valence electrons. The minimum absolute atomic E-state index is 0.0239. The van der Waals surface area contributed by atoms with Crippen molar-refractivity contribution in [2.45, 2.75) is 44.8 Å². The molecular formula is C23H32N4O2. The van der Waals surface area contributed by atoms with E-state index in [-0.39, 0.29) is 6.61 Å². The highest BCUT2D eigenvalue weighted by atomic mass is 16.3. The third kappa shape index (κ3) is 4.77. The Morgan fingerprint density at radius 3 is 2.38 bits per heavy atom. The van der Waals surface area contributed by atoms with Crippen molar-refractivity contribution in [1.29, 1.82) is 0 Å². The van der Waals surface area contributed by atoms with Crippen LogP contribution in [-0.4, -0.2) is 64.0 Å². The van der Waals surface area contributed by atoms with Gasteiger partial charge in [0.2, 0.25) is 5.95 Å². The van der Waals surface area contributed by atoms with Crippen LogP contribution < -0.4 is 4.90 Å². The summed E-state index contributed by atoms with van der Waals surface area (Å²) in [6, 6.07) is 10.1. The van der Waals surface area contributed by atoms with E-state index in [2.05, 4.69) is 31.9 Å². The first-order chi connectivity index (χ1) is 14.2. The average molecular weight is 397 g/mol. The van der Waals surface area contributed by atoms with Crippen LogP contribution in [0, 0.1) is 5.41 Å². The molecule has 1 aromatic carbocycles. The van der Waals surface area contributed by atoms with Gasteiger partial charge in [-0.1, -0.05) is 30.3 Å². The van der Waals surface area contributed by atoms with E-state index < -0.39 is 11.5 Å². The largest absolute Gasteiger partial charge is 0.396 e. The van der Waals surface area contributed by atoms with Gasteiger partial charge in [-0.2, -0.15) is 0 Å². The van der Waals surface area contributed by atoms with Crippen molar-refractivity contribution in [3.63, 3.8) is 0 Å². The first kappa shape index (κ1) is 20.3. The van der Waals surface area contributed by atoms with E-state index in [0.717, 1.165) is 43.3 Å². The molecule has 0 radical (unpaired) electrons. The van der Waals surface area contributed by atoms with Crippen LogP contribution in [0.2, 0.25) is 0 Å². The predicted octanol–water partition coefficient (Wildman–Crippen LogP) is 2.25. The van der Waals surface area contributed by atoms with Crippen molar-refractivity contribution in [2.24, 2.45) is 5.41 Å². The molecular weight excluding hydrogens is 364 g/mol. The van der Waals surface area contributed by atoms with Gasteiger partial charge in [0.25, 0.3) is 0 Å². The molecule has 4 rings (SSSR count). The fourth-order valence-corrected chi connectivity index (χ4v) is 4.71. The molecule has 2 aromatic rings. The van der Waals surface area contributed by atoms with Gasteiger partial charge in [-0.15, -0.1) is 0 Å². The molecule has 3 heterocycles. The van der Waals surface area contributed by atoms with Crippen molar-refractivity contribution in [3.8, 4) is 0 Å². The van der Waals surface area contributed by atoms with Crippen LogP contribution in [-0.2, 0) is 13.0 Å². The van der Waals surface area contributed by atoms with Crippen LogP contribution in [0.1, 0.15) is 36.8 Å². The number of anilines is 1. The molecule has 29 heavy (non-hydrogen) atoms. The normalized spacial score (nSPS) is 25.9. The lowest BCUT2D eigenvalue weighted by Gasteiger charge is -2.45. The van der Waals surface area contributed by atoms with Gasteiger partial charge in [-0.25, -0.2) is 9.97 Å². The number of nitrogens with zero attached hydrogens (tertiary/aromatic N) is 4. The second-order valence-electron chi connectivity index (χ2n) is 8.64. The number of likely N-dealkylation sites (tertiary alicyclic amines) is 1. The summed E-state index contributed by atoms with van der Waals surface area (Å²) in [7, 11) is 0. The summed E-state index contributed by atoms with van der Waals surface area (Å²) >= 11 is 0. The van der Waals surface area contributed by atoms with Gasteiger partial charge in [-0.05, 0) is 37.7 Å². The minimum Gasteiger partial charge on any atom is -0.396 e. The number of piperidine rings is 2. The van der Waals surface area contributed by atoms with E-state index >= 15 is 0 Å². The Hall–Kier alpha value is -2.02. The smallest absolute Gasteiger partial charge is 0.225 e. The fraction of sp³-hybridized carbons (Fsp3) is 0.565. The van der Waals surface area contributed by atoms with Crippen LogP contribution >= 0.6 is 0 Å². The average Bonchev–Trinajstić information content (AvgIpc) is 2.78. The van der Waals surface area contributed by atoms with Crippen molar-refractivity contribution in [2.75, 3.05) is 37.7 Å². The molecule has 2 saturated heterocycles. The topological polar surface area (TPSA) is 72.7 Å². The molecule has 2 atom stereocenters. The lowest BCUT2D eigenvalue weighted by atomic mass is 9.73. The maximum Gasteiger partial charge on any atom is 0.225 e. The highest BCUT2D eigenvalue weighted by molar-refractivity contribution is 5.30. The molecule has 0 unspecified atom stereocenters. The van der Waals surface area contributed by atoms with Gasteiger partial charge in [0, 0.05) is 56.1 Å². The zero-order valence-corrected chi connectivity index (χ0v) is 17.1. The summed E-state index contributed by atoms with van der Waals surface area (Å²) in [6.45, 7) is 4.27. The molecule has 2 aliphatic rings. The summed E-state index contributed by atoms with van der Waals surface area (Å²) < 4.78 is 0. The third-order valence-electron chi connectivity index (χ3n) is 6.41. The van der Waals surface area contributed by atoms with Crippen molar-refractivity contribution >= 4 is 5.95 Å². The van der Waals surface area contributed by atoms with Crippen LogP contribution in [0.25, 0.3) is 0 Å². The van der Waals surface area contributed by atoms with E-state index in [1.54, 1.807) is 0 Å². The lowest BCUT2D eigenvalue weighted by molar-refractivity contribution is -0.0768. The highest BCUT2D eigenvalue weighted by Crippen LogP contribution is 2.34. The zero-order chi connectivity index (χ0) is 20.1. The van der Waals surface area contributed by atoms with Gasteiger partial charge in [0.1, 0.15) is 0 Å². The maximum atomic E-state index is 10.7. The maximum absolute atomic E-state index is 10.7. The van der Waals surface area contributed by atoms with Crippen molar-refractivity contribution in [3.05, 3.63) is 53.9 Å². The Labute approximate surface area is 173 Å². The lowest BCUT2D eigenvalue weighted by Crippen LogP contribution is -2.54. The molecule has 0 spiro atoms. The SMILES string of the molecule is OC[C@@]1(Cc2ccccc2)CN(Cc2cnc(N3CCCCC3)nc2)CC[C@@H]1O. The second-order valence-corrected chi connectivity index (χ2v) is 8.64. The molecule has 0 aliphatic carbocycles. The molecule has 2 N–H and O–H groups in total. The van der Waals surface area contributed by atoms with Gasteiger partial charge < -0.3 is 15.1 Å². The first-order valence-electron chi connectivity index (χ1n) is 10.8. The van der Waals surface area contributed by atoms with E-state index in [0.29, 0.717) is 19.4 Å².